The highest BCUT2D eigenvalue weighted by atomic mass is 16.2. The number of amides is 1. The van der Waals surface area contributed by atoms with E-state index in [1.807, 2.05) is 24.0 Å². The standard InChI is InChI=1S/C15H23N3O/c1-11(16)8-15(19)18-10-13-6-4-5-7-14(13)17(3)9-12(18)2/h4-7,11-12H,8-10,16H2,1-3H3. The molecule has 2 atom stereocenters. The lowest BCUT2D eigenvalue weighted by atomic mass is 10.1. The van der Waals surface area contributed by atoms with E-state index in [1.165, 1.54) is 11.3 Å². The second-order valence-corrected chi connectivity index (χ2v) is 5.56. The summed E-state index contributed by atoms with van der Waals surface area (Å²) >= 11 is 0. The average Bonchev–Trinajstić information content (AvgIpc) is 2.46. The fourth-order valence-electron chi connectivity index (χ4n) is 2.68. The topological polar surface area (TPSA) is 49.6 Å². The van der Waals surface area contributed by atoms with Crippen LogP contribution in [-0.2, 0) is 11.3 Å². The van der Waals surface area contributed by atoms with Crippen LogP contribution in [0.5, 0.6) is 0 Å². The summed E-state index contributed by atoms with van der Waals surface area (Å²) in [5, 5.41) is 0. The van der Waals surface area contributed by atoms with Gasteiger partial charge in [0.2, 0.25) is 5.91 Å². The largest absolute Gasteiger partial charge is 0.372 e. The minimum Gasteiger partial charge on any atom is -0.372 e. The zero-order valence-corrected chi connectivity index (χ0v) is 12.0. The van der Waals surface area contributed by atoms with Gasteiger partial charge < -0.3 is 15.5 Å². The van der Waals surface area contributed by atoms with Crippen LogP contribution in [0.2, 0.25) is 0 Å². The first-order chi connectivity index (χ1) is 8.99. The van der Waals surface area contributed by atoms with E-state index in [1.54, 1.807) is 0 Å². The first kappa shape index (κ1) is 13.9. The fourth-order valence-corrected chi connectivity index (χ4v) is 2.68. The van der Waals surface area contributed by atoms with Crippen molar-refractivity contribution >= 4 is 11.6 Å². The summed E-state index contributed by atoms with van der Waals surface area (Å²) in [4.78, 5) is 16.5. The predicted molar refractivity (Wildman–Crippen MR) is 78.0 cm³/mol. The molecule has 19 heavy (non-hydrogen) atoms. The highest BCUT2D eigenvalue weighted by Crippen LogP contribution is 2.26. The van der Waals surface area contributed by atoms with E-state index in [4.69, 9.17) is 5.73 Å². The summed E-state index contributed by atoms with van der Waals surface area (Å²) in [6.07, 6.45) is 0.413. The van der Waals surface area contributed by atoms with Crippen LogP contribution in [0.3, 0.4) is 0 Å². The number of nitrogens with zero attached hydrogens (tertiary/aromatic N) is 2. The lowest BCUT2D eigenvalue weighted by Gasteiger charge is -2.29. The van der Waals surface area contributed by atoms with E-state index in [2.05, 4.69) is 31.0 Å². The van der Waals surface area contributed by atoms with Gasteiger partial charge in [-0.15, -0.1) is 0 Å². The molecule has 0 saturated carbocycles. The van der Waals surface area contributed by atoms with Gasteiger partial charge >= 0.3 is 0 Å². The van der Waals surface area contributed by atoms with E-state index >= 15 is 0 Å². The average molecular weight is 261 g/mol. The lowest BCUT2D eigenvalue weighted by molar-refractivity contribution is -0.133. The summed E-state index contributed by atoms with van der Waals surface area (Å²) in [6.45, 7) is 5.50. The van der Waals surface area contributed by atoms with Crippen molar-refractivity contribution in [1.82, 2.24) is 4.90 Å². The number of hydrogen-bond donors (Lipinski definition) is 1. The number of para-hydroxylation sites is 1. The second-order valence-electron chi connectivity index (χ2n) is 5.56. The summed E-state index contributed by atoms with van der Waals surface area (Å²) < 4.78 is 0. The molecule has 1 amide bonds. The number of carbonyl (C=O) groups is 1. The molecule has 0 radical (unpaired) electrons. The van der Waals surface area contributed by atoms with Crippen LogP contribution in [0, 0.1) is 0 Å². The van der Waals surface area contributed by atoms with Gasteiger partial charge in [-0.1, -0.05) is 18.2 Å². The Morgan fingerprint density at radius 2 is 2.16 bits per heavy atom. The monoisotopic (exact) mass is 261 g/mol. The number of anilines is 1. The van der Waals surface area contributed by atoms with Crippen LogP contribution in [0.1, 0.15) is 25.8 Å². The number of fused-ring (bicyclic) bond motifs is 1. The molecule has 0 saturated heterocycles. The molecule has 2 unspecified atom stereocenters. The van der Waals surface area contributed by atoms with E-state index in [-0.39, 0.29) is 18.0 Å². The molecule has 2 N–H and O–H groups in total. The Bertz CT molecular complexity index is 458. The minimum absolute atomic E-state index is 0.0871. The molecule has 2 rings (SSSR count). The smallest absolute Gasteiger partial charge is 0.224 e. The van der Waals surface area contributed by atoms with Crippen molar-refractivity contribution in [2.24, 2.45) is 5.73 Å². The van der Waals surface area contributed by atoms with E-state index in [9.17, 15) is 4.79 Å². The molecule has 1 aliphatic rings. The molecule has 104 valence electrons. The quantitative estimate of drug-likeness (QED) is 0.879. The SMILES string of the molecule is CC(N)CC(=O)N1Cc2ccccc2N(C)CC1C. The number of nitrogens with two attached hydrogens (primary N) is 1. The van der Waals surface area contributed by atoms with Crippen molar-refractivity contribution in [2.75, 3.05) is 18.5 Å². The molecule has 0 fully saturated rings. The Kier molecular flexibility index (Phi) is 4.10. The molecule has 1 heterocycles. The molecule has 1 aromatic rings. The van der Waals surface area contributed by atoms with Crippen molar-refractivity contribution in [3.05, 3.63) is 29.8 Å². The second kappa shape index (κ2) is 5.61. The minimum atomic E-state index is -0.0871. The first-order valence-corrected chi connectivity index (χ1v) is 6.83. The summed E-state index contributed by atoms with van der Waals surface area (Å²) in [6, 6.07) is 8.38. The van der Waals surface area contributed by atoms with Gasteiger partial charge in [0.1, 0.15) is 0 Å². The van der Waals surface area contributed by atoms with Crippen molar-refractivity contribution < 1.29 is 4.79 Å². The van der Waals surface area contributed by atoms with Gasteiger partial charge in [-0.25, -0.2) is 0 Å². The zero-order valence-electron chi connectivity index (χ0n) is 12.0. The van der Waals surface area contributed by atoms with Gasteiger partial charge in [0.15, 0.2) is 0 Å². The maximum atomic E-state index is 12.3. The zero-order chi connectivity index (χ0) is 14.0. The van der Waals surface area contributed by atoms with Crippen molar-refractivity contribution in [2.45, 2.75) is 38.9 Å². The van der Waals surface area contributed by atoms with Crippen LogP contribution < -0.4 is 10.6 Å². The highest BCUT2D eigenvalue weighted by molar-refractivity contribution is 5.77. The van der Waals surface area contributed by atoms with Crippen molar-refractivity contribution in [1.29, 1.82) is 0 Å². The number of carbonyl (C=O) groups excluding carboxylic acids is 1. The third kappa shape index (κ3) is 3.07. The Morgan fingerprint density at radius 1 is 1.47 bits per heavy atom. The maximum Gasteiger partial charge on any atom is 0.224 e. The van der Waals surface area contributed by atoms with Crippen molar-refractivity contribution in [3.63, 3.8) is 0 Å². The maximum absolute atomic E-state index is 12.3. The van der Waals surface area contributed by atoms with Gasteiger partial charge in [-0.2, -0.15) is 0 Å². The van der Waals surface area contributed by atoms with Crippen LogP contribution in [0.4, 0.5) is 5.69 Å². The Morgan fingerprint density at radius 3 is 2.84 bits per heavy atom. The first-order valence-electron chi connectivity index (χ1n) is 6.83. The van der Waals surface area contributed by atoms with E-state index < -0.39 is 0 Å². The van der Waals surface area contributed by atoms with Crippen LogP contribution in [-0.4, -0.2) is 36.5 Å². The fraction of sp³-hybridized carbons (Fsp3) is 0.533. The molecular weight excluding hydrogens is 238 g/mol. The molecule has 0 bridgehead atoms. The summed E-state index contributed by atoms with van der Waals surface area (Å²) in [5.74, 6) is 0.146. The van der Waals surface area contributed by atoms with Gasteiger partial charge in [0.25, 0.3) is 0 Å². The van der Waals surface area contributed by atoms with E-state index in [0.717, 1.165) is 6.54 Å². The molecule has 1 aliphatic heterocycles. The van der Waals surface area contributed by atoms with Gasteiger partial charge in [0.05, 0.1) is 0 Å². The van der Waals surface area contributed by atoms with Gasteiger partial charge in [-0.3, -0.25) is 4.79 Å². The van der Waals surface area contributed by atoms with Gasteiger partial charge in [-0.05, 0) is 25.5 Å². The number of hydrogen-bond acceptors (Lipinski definition) is 3. The Hall–Kier alpha value is -1.55. The molecule has 0 aliphatic carbocycles. The molecule has 4 heteroatoms. The third-order valence-electron chi connectivity index (χ3n) is 3.63. The number of rotatable bonds is 2. The molecular formula is C15H23N3O. The van der Waals surface area contributed by atoms with Crippen molar-refractivity contribution in [3.8, 4) is 0 Å². The Balaban J connectivity index is 2.25. The normalized spacial score (nSPS) is 20.7. The molecule has 4 nitrogen and oxygen atoms in total. The van der Waals surface area contributed by atoms with Crippen LogP contribution in [0.25, 0.3) is 0 Å². The van der Waals surface area contributed by atoms with Crippen LogP contribution >= 0.6 is 0 Å². The highest BCUT2D eigenvalue weighted by Gasteiger charge is 2.26. The predicted octanol–water partition coefficient (Wildman–Crippen LogP) is 1.59. The number of benzene rings is 1. The van der Waals surface area contributed by atoms with E-state index in [0.29, 0.717) is 13.0 Å². The molecule has 1 aromatic carbocycles. The third-order valence-corrected chi connectivity index (χ3v) is 3.63. The lowest BCUT2D eigenvalue weighted by Crippen LogP contribution is -2.43. The molecule has 0 aromatic heterocycles. The Labute approximate surface area is 115 Å². The number of likely N-dealkylation sites (N-methyl/N-ethyl adjacent to an activating group) is 1. The summed E-state index contributed by atoms with van der Waals surface area (Å²) in [7, 11) is 2.08. The van der Waals surface area contributed by atoms with Gasteiger partial charge in [0, 0.05) is 44.3 Å². The van der Waals surface area contributed by atoms with Crippen LogP contribution in [0.15, 0.2) is 24.3 Å². The summed E-state index contributed by atoms with van der Waals surface area (Å²) in [5.41, 5.74) is 8.16. The molecule has 0 spiro atoms.